The van der Waals surface area contributed by atoms with Crippen molar-refractivity contribution in [1.29, 1.82) is 0 Å². The molecule has 35 heavy (non-hydrogen) atoms. The van der Waals surface area contributed by atoms with Gasteiger partial charge in [-0.25, -0.2) is 4.98 Å². The van der Waals surface area contributed by atoms with Gasteiger partial charge in [-0.1, -0.05) is 54.1 Å². The Hall–Kier alpha value is -4.17. The van der Waals surface area contributed by atoms with Crippen molar-refractivity contribution < 1.29 is 4.79 Å². The molecule has 0 spiro atoms. The molecule has 0 fully saturated rings. The summed E-state index contributed by atoms with van der Waals surface area (Å²) in [5.74, 6) is 0.532. The van der Waals surface area contributed by atoms with E-state index in [1.807, 2.05) is 66.7 Å². The standard InChI is InChI=1S/C26H23ClN6O2/c1-16-22(12-13-23(34)30-21-11-8-18-4-2-3-5-19(18)14-21)24(35)33-26(29-16)31-25(32-33)28-15-17-6-9-20(27)10-7-17/h2-11,14H,12-13,15H2,1H3,(H,30,34)(H2,28,29,31,32). The van der Waals surface area contributed by atoms with Crippen molar-refractivity contribution >= 4 is 45.7 Å². The topological polar surface area (TPSA) is 104 Å². The van der Waals surface area contributed by atoms with Crippen LogP contribution in [0.25, 0.3) is 16.6 Å². The fourth-order valence-electron chi connectivity index (χ4n) is 3.94. The highest BCUT2D eigenvalue weighted by atomic mass is 35.5. The van der Waals surface area contributed by atoms with E-state index in [4.69, 9.17) is 11.6 Å². The van der Waals surface area contributed by atoms with Gasteiger partial charge < -0.3 is 10.6 Å². The number of halogens is 1. The number of nitrogens with zero attached hydrogens (tertiary/aromatic N) is 3. The molecule has 0 radical (unpaired) electrons. The van der Waals surface area contributed by atoms with Crippen molar-refractivity contribution in [1.82, 2.24) is 19.6 Å². The summed E-state index contributed by atoms with van der Waals surface area (Å²) < 4.78 is 1.30. The van der Waals surface area contributed by atoms with Crippen LogP contribution >= 0.6 is 11.6 Å². The molecule has 0 aliphatic heterocycles. The first kappa shape index (κ1) is 22.6. The van der Waals surface area contributed by atoms with E-state index in [0.29, 0.717) is 28.8 Å². The Morgan fingerprint density at radius 2 is 1.80 bits per heavy atom. The number of H-pyrrole nitrogens is 1. The normalized spacial score (nSPS) is 11.1. The van der Waals surface area contributed by atoms with Crippen LogP contribution in [0.15, 0.2) is 71.5 Å². The molecule has 0 aliphatic rings. The zero-order valence-corrected chi connectivity index (χ0v) is 19.8. The Morgan fingerprint density at radius 3 is 2.60 bits per heavy atom. The van der Waals surface area contributed by atoms with Crippen LogP contribution in [0.4, 0.5) is 11.6 Å². The molecule has 1 amide bonds. The summed E-state index contributed by atoms with van der Waals surface area (Å²) in [6, 6.07) is 21.2. The first-order valence-electron chi connectivity index (χ1n) is 11.2. The van der Waals surface area contributed by atoms with Gasteiger partial charge >= 0.3 is 0 Å². The molecule has 5 aromatic rings. The number of anilines is 2. The van der Waals surface area contributed by atoms with Crippen LogP contribution in [0.5, 0.6) is 0 Å². The zero-order valence-electron chi connectivity index (χ0n) is 19.0. The van der Waals surface area contributed by atoms with E-state index >= 15 is 0 Å². The molecule has 9 heteroatoms. The average Bonchev–Trinajstić information content (AvgIpc) is 3.26. The molecule has 2 heterocycles. The van der Waals surface area contributed by atoms with Crippen molar-refractivity contribution in [2.24, 2.45) is 0 Å². The minimum absolute atomic E-state index is 0.159. The lowest BCUT2D eigenvalue weighted by Gasteiger charge is -2.08. The number of fused-ring (bicyclic) bond motifs is 2. The molecule has 0 saturated heterocycles. The monoisotopic (exact) mass is 486 g/mol. The van der Waals surface area contributed by atoms with Gasteiger partial charge in [-0.2, -0.15) is 9.50 Å². The van der Waals surface area contributed by atoms with E-state index in [2.05, 4.69) is 25.7 Å². The largest absolute Gasteiger partial charge is 0.351 e. The molecule has 5 rings (SSSR count). The lowest BCUT2D eigenvalue weighted by molar-refractivity contribution is -0.116. The first-order chi connectivity index (χ1) is 17.0. The number of hydrogen-bond acceptors (Lipinski definition) is 5. The van der Waals surface area contributed by atoms with Gasteiger partial charge in [0.05, 0.1) is 5.69 Å². The van der Waals surface area contributed by atoms with Crippen LogP contribution in [0.3, 0.4) is 0 Å². The highest BCUT2D eigenvalue weighted by Crippen LogP contribution is 2.19. The van der Waals surface area contributed by atoms with Crippen LogP contribution in [-0.2, 0) is 17.8 Å². The molecular formula is C26H23ClN6O2. The van der Waals surface area contributed by atoms with E-state index < -0.39 is 0 Å². The van der Waals surface area contributed by atoms with Crippen molar-refractivity contribution in [2.75, 3.05) is 10.6 Å². The maximum atomic E-state index is 13.1. The van der Waals surface area contributed by atoms with Crippen LogP contribution < -0.4 is 16.2 Å². The quantitative estimate of drug-likeness (QED) is 0.309. The van der Waals surface area contributed by atoms with Crippen LogP contribution in [0.1, 0.15) is 23.2 Å². The number of aryl methyl sites for hydroxylation is 1. The second-order valence-corrected chi connectivity index (χ2v) is 8.72. The fourth-order valence-corrected chi connectivity index (χ4v) is 4.06. The van der Waals surface area contributed by atoms with Crippen molar-refractivity contribution in [3.8, 4) is 0 Å². The fraction of sp³-hybridized carbons (Fsp3) is 0.154. The number of rotatable bonds is 7. The summed E-state index contributed by atoms with van der Waals surface area (Å²) in [7, 11) is 0. The van der Waals surface area contributed by atoms with Crippen molar-refractivity contribution in [2.45, 2.75) is 26.3 Å². The summed E-state index contributed by atoms with van der Waals surface area (Å²) in [5, 5.41) is 11.8. The van der Waals surface area contributed by atoms with E-state index in [0.717, 1.165) is 22.0 Å². The van der Waals surface area contributed by atoms with Gasteiger partial charge in [-0.15, -0.1) is 0 Å². The number of aromatic nitrogens is 4. The van der Waals surface area contributed by atoms with Gasteiger partial charge in [0.15, 0.2) is 0 Å². The maximum absolute atomic E-state index is 13.1. The molecule has 3 N–H and O–H groups in total. The van der Waals surface area contributed by atoms with Crippen LogP contribution in [0, 0.1) is 6.92 Å². The van der Waals surface area contributed by atoms with Crippen molar-refractivity contribution in [3.05, 3.63) is 98.9 Å². The van der Waals surface area contributed by atoms with E-state index in [9.17, 15) is 9.59 Å². The third-order valence-corrected chi connectivity index (χ3v) is 6.06. The summed E-state index contributed by atoms with van der Waals surface area (Å²) in [6.45, 7) is 2.26. The maximum Gasteiger partial charge on any atom is 0.277 e. The third-order valence-electron chi connectivity index (χ3n) is 5.80. The van der Waals surface area contributed by atoms with Crippen LogP contribution in [-0.4, -0.2) is 25.5 Å². The lowest BCUT2D eigenvalue weighted by Crippen LogP contribution is -2.23. The van der Waals surface area contributed by atoms with Gasteiger partial charge in [-0.3, -0.25) is 14.7 Å². The molecule has 2 aromatic heterocycles. The van der Waals surface area contributed by atoms with Crippen molar-refractivity contribution in [3.63, 3.8) is 0 Å². The number of nitrogens with one attached hydrogen (secondary N) is 3. The Morgan fingerprint density at radius 1 is 1.03 bits per heavy atom. The molecular weight excluding hydrogens is 464 g/mol. The molecule has 0 aliphatic carbocycles. The molecule has 176 valence electrons. The van der Waals surface area contributed by atoms with E-state index in [1.165, 1.54) is 4.52 Å². The Balaban J connectivity index is 1.27. The molecule has 0 atom stereocenters. The summed E-state index contributed by atoms with van der Waals surface area (Å²) >= 11 is 5.93. The van der Waals surface area contributed by atoms with Gasteiger partial charge in [0.2, 0.25) is 11.9 Å². The summed E-state index contributed by atoms with van der Waals surface area (Å²) in [6.07, 6.45) is 0.430. The average molecular weight is 487 g/mol. The molecule has 3 aromatic carbocycles. The number of carbonyl (C=O) groups excluding carboxylic acids is 1. The van der Waals surface area contributed by atoms with E-state index in [1.54, 1.807) is 6.92 Å². The predicted octanol–water partition coefficient (Wildman–Crippen LogP) is 4.72. The second-order valence-electron chi connectivity index (χ2n) is 8.28. The minimum Gasteiger partial charge on any atom is -0.351 e. The summed E-state index contributed by atoms with van der Waals surface area (Å²) in [5.41, 5.74) is 2.51. The SMILES string of the molecule is Cc1nc2nc(NCc3ccc(Cl)cc3)[nH]n2c(=O)c1CCC(=O)Nc1ccc2ccccc2c1. The predicted molar refractivity (Wildman–Crippen MR) is 138 cm³/mol. The van der Waals surface area contributed by atoms with Gasteiger partial charge in [0, 0.05) is 29.2 Å². The minimum atomic E-state index is -0.266. The number of benzene rings is 3. The first-order valence-corrected chi connectivity index (χ1v) is 11.6. The number of carbonyl (C=O) groups is 1. The Labute approximate surface area is 206 Å². The van der Waals surface area contributed by atoms with Crippen LogP contribution in [0.2, 0.25) is 5.02 Å². The zero-order chi connectivity index (χ0) is 24.4. The summed E-state index contributed by atoms with van der Waals surface area (Å²) in [4.78, 5) is 34.5. The highest BCUT2D eigenvalue weighted by Gasteiger charge is 2.15. The smallest absolute Gasteiger partial charge is 0.277 e. The van der Waals surface area contributed by atoms with Gasteiger partial charge in [0.1, 0.15) is 0 Å². The highest BCUT2D eigenvalue weighted by molar-refractivity contribution is 6.30. The number of amides is 1. The Kier molecular flexibility index (Phi) is 6.20. The third kappa shape index (κ3) is 5.02. The Bertz CT molecular complexity index is 1590. The number of aromatic amines is 1. The van der Waals surface area contributed by atoms with Gasteiger partial charge in [-0.05, 0) is 53.9 Å². The second kappa shape index (κ2) is 9.60. The molecule has 0 saturated carbocycles. The lowest BCUT2D eigenvalue weighted by atomic mass is 10.1. The number of hydrogen-bond donors (Lipinski definition) is 3. The molecule has 0 unspecified atom stereocenters. The molecule has 0 bridgehead atoms. The van der Waals surface area contributed by atoms with Gasteiger partial charge in [0.25, 0.3) is 11.3 Å². The van der Waals surface area contributed by atoms with E-state index in [-0.39, 0.29) is 30.1 Å². The molecule has 8 nitrogen and oxygen atoms in total.